The van der Waals surface area contributed by atoms with Crippen molar-refractivity contribution in [1.29, 1.82) is 0 Å². The molecule has 0 fully saturated rings. The summed E-state index contributed by atoms with van der Waals surface area (Å²) in [6.45, 7) is 5.76. The second-order valence-electron chi connectivity index (χ2n) is 5.43. The molecule has 2 N–H and O–H groups in total. The predicted molar refractivity (Wildman–Crippen MR) is 83.6 cm³/mol. The third-order valence-corrected chi connectivity index (χ3v) is 3.74. The van der Waals surface area contributed by atoms with Crippen molar-refractivity contribution in [3.63, 3.8) is 0 Å². The van der Waals surface area contributed by atoms with Gasteiger partial charge in [0.15, 0.2) is 0 Å². The van der Waals surface area contributed by atoms with E-state index in [2.05, 4.69) is 0 Å². The number of hydrogen-bond acceptors (Lipinski definition) is 2. The van der Waals surface area contributed by atoms with E-state index in [-0.39, 0.29) is 11.5 Å². The second kappa shape index (κ2) is 4.77. The van der Waals surface area contributed by atoms with Gasteiger partial charge in [0.25, 0.3) is 0 Å². The highest BCUT2D eigenvalue weighted by molar-refractivity contribution is 5.84. The Morgan fingerprint density at radius 1 is 0.810 bits per heavy atom. The summed E-state index contributed by atoms with van der Waals surface area (Å²) in [5, 5.41) is 20.6. The number of aryl methyl sites for hydroxylation is 3. The number of phenolic OH excluding ortho intramolecular Hbond substituents is 2. The van der Waals surface area contributed by atoms with Gasteiger partial charge in [-0.3, -0.25) is 0 Å². The molecule has 0 saturated carbocycles. The van der Waals surface area contributed by atoms with E-state index >= 15 is 0 Å². The third-order valence-electron chi connectivity index (χ3n) is 3.74. The highest BCUT2D eigenvalue weighted by Crippen LogP contribution is 2.33. The Hall–Kier alpha value is -2.55. The highest BCUT2D eigenvalue weighted by Gasteiger charge is 2.21. The van der Waals surface area contributed by atoms with Crippen molar-refractivity contribution in [3.05, 3.63) is 53.1 Å². The van der Waals surface area contributed by atoms with Gasteiger partial charge in [-0.25, -0.2) is 4.42 Å². The standard InChI is InChI=1S/C18H16O3/c1-10-4-5-13(8-16(10)20)18-12(3)7-15-11(2)6-14(19)9-17(15)21-18/h4-9H,1-3H3,(H-,19,20)/p+1. The van der Waals surface area contributed by atoms with Crippen LogP contribution in [0.2, 0.25) is 0 Å². The molecule has 3 nitrogen and oxygen atoms in total. The third kappa shape index (κ3) is 2.31. The van der Waals surface area contributed by atoms with Crippen molar-refractivity contribution in [2.75, 3.05) is 0 Å². The van der Waals surface area contributed by atoms with Gasteiger partial charge in [-0.1, -0.05) is 6.07 Å². The molecule has 0 atom stereocenters. The van der Waals surface area contributed by atoms with Gasteiger partial charge < -0.3 is 10.2 Å². The van der Waals surface area contributed by atoms with Gasteiger partial charge in [0.05, 0.1) is 22.6 Å². The summed E-state index contributed by atoms with van der Waals surface area (Å²) >= 11 is 0. The van der Waals surface area contributed by atoms with Crippen LogP contribution in [0.25, 0.3) is 22.3 Å². The van der Waals surface area contributed by atoms with Crippen LogP contribution in [0.15, 0.2) is 40.8 Å². The molecule has 3 heteroatoms. The smallest absolute Gasteiger partial charge is 0.364 e. The van der Waals surface area contributed by atoms with Crippen LogP contribution in [0.3, 0.4) is 0 Å². The largest absolute Gasteiger partial charge is 0.508 e. The first-order chi connectivity index (χ1) is 9.95. The van der Waals surface area contributed by atoms with Gasteiger partial charge in [-0.2, -0.15) is 0 Å². The summed E-state index contributed by atoms with van der Waals surface area (Å²) < 4.78 is 5.96. The maximum absolute atomic E-state index is 9.87. The molecule has 0 bridgehead atoms. The van der Waals surface area contributed by atoms with Gasteiger partial charge in [0.2, 0.25) is 0 Å². The topological polar surface area (TPSA) is 51.8 Å². The van der Waals surface area contributed by atoms with E-state index in [1.807, 2.05) is 39.0 Å². The van der Waals surface area contributed by atoms with Crippen LogP contribution in [-0.4, -0.2) is 10.2 Å². The summed E-state index contributed by atoms with van der Waals surface area (Å²) in [4.78, 5) is 0. The molecule has 3 rings (SSSR count). The molecule has 2 aromatic carbocycles. The Kier molecular flexibility index (Phi) is 3.05. The quantitative estimate of drug-likeness (QED) is 0.635. The number of benzene rings is 2. The normalized spacial score (nSPS) is 11.0. The molecule has 0 aliphatic carbocycles. The molecule has 0 aliphatic heterocycles. The fraction of sp³-hybridized carbons (Fsp3) is 0.167. The average Bonchev–Trinajstić information content (AvgIpc) is 2.42. The average molecular weight is 281 g/mol. The van der Waals surface area contributed by atoms with Crippen LogP contribution in [0.4, 0.5) is 0 Å². The van der Waals surface area contributed by atoms with E-state index in [0.717, 1.165) is 27.6 Å². The molecular weight excluding hydrogens is 264 g/mol. The van der Waals surface area contributed by atoms with E-state index in [1.165, 1.54) is 0 Å². The van der Waals surface area contributed by atoms with Crippen molar-refractivity contribution in [3.8, 4) is 22.8 Å². The van der Waals surface area contributed by atoms with Crippen molar-refractivity contribution < 1.29 is 14.6 Å². The summed E-state index contributed by atoms with van der Waals surface area (Å²) in [5.41, 5.74) is 4.23. The lowest BCUT2D eigenvalue weighted by atomic mass is 10.0. The van der Waals surface area contributed by atoms with Crippen molar-refractivity contribution in [1.82, 2.24) is 0 Å². The molecule has 0 radical (unpaired) electrons. The number of fused-ring (bicyclic) bond motifs is 1. The number of phenols is 2. The molecule has 1 aromatic heterocycles. The first kappa shape index (κ1) is 13.4. The lowest BCUT2D eigenvalue weighted by Gasteiger charge is -2.02. The zero-order valence-corrected chi connectivity index (χ0v) is 12.3. The first-order valence-corrected chi connectivity index (χ1v) is 6.83. The molecule has 0 amide bonds. The highest BCUT2D eigenvalue weighted by atomic mass is 16.3. The molecular formula is C18H17O3+. The summed E-state index contributed by atoms with van der Waals surface area (Å²) in [7, 11) is 0. The monoisotopic (exact) mass is 281 g/mol. The molecule has 21 heavy (non-hydrogen) atoms. The van der Waals surface area contributed by atoms with Gasteiger partial charge >= 0.3 is 11.3 Å². The van der Waals surface area contributed by atoms with Crippen LogP contribution in [-0.2, 0) is 0 Å². The Labute approximate surface area is 123 Å². The van der Waals surface area contributed by atoms with E-state index in [4.69, 9.17) is 4.42 Å². The van der Waals surface area contributed by atoms with E-state index in [1.54, 1.807) is 18.2 Å². The number of aromatic hydroxyl groups is 2. The molecule has 3 aromatic rings. The zero-order valence-electron chi connectivity index (χ0n) is 12.3. The molecule has 0 aliphatic rings. The molecule has 0 saturated heterocycles. The van der Waals surface area contributed by atoms with Crippen LogP contribution in [0.1, 0.15) is 16.7 Å². The first-order valence-electron chi connectivity index (χ1n) is 6.83. The van der Waals surface area contributed by atoms with Gasteiger partial charge in [0.1, 0.15) is 11.5 Å². The minimum atomic E-state index is 0.185. The zero-order chi connectivity index (χ0) is 15.1. The Morgan fingerprint density at radius 2 is 1.57 bits per heavy atom. The van der Waals surface area contributed by atoms with Gasteiger partial charge in [-0.15, -0.1) is 0 Å². The van der Waals surface area contributed by atoms with Crippen LogP contribution in [0, 0.1) is 20.8 Å². The minimum absolute atomic E-state index is 0.185. The van der Waals surface area contributed by atoms with Crippen LogP contribution < -0.4 is 0 Å². The summed E-state index contributed by atoms with van der Waals surface area (Å²) in [6.07, 6.45) is 0. The maximum Gasteiger partial charge on any atom is 0.364 e. The summed E-state index contributed by atoms with van der Waals surface area (Å²) in [5.74, 6) is 1.13. The number of hydrogen-bond donors (Lipinski definition) is 2. The van der Waals surface area contributed by atoms with E-state index in [0.29, 0.717) is 11.3 Å². The van der Waals surface area contributed by atoms with Crippen molar-refractivity contribution >= 4 is 11.0 Å². The molecule has 0 spiro atoms. The molecule has 106 valence electrons. The Morgan fingerprint density at radius 3 is 2.29 bits per heavy atom. The summed E-state index contributed by atoms with van der Waals surface area (Å²) in [6, 6.07) is 10.8. The van der Waals surface area contributed by atoms with Gasteiger partial charge in [-0.05, 0) is 56.2 Å². The van der Waals surface area contributed by atoms with Crippen molar-refractivity contribution in [2.45, 2.75) is 20.8 Å². The van der Waals surface area contributed by atoms with Crippen molar-refractivity contribution in [2.24, 2.45) is 0 Å². The van der Waals surface area contributed by atoms with Crippen LogP contribution in [0.5, 0.6) is 11.5 Å². The van der Waals surface area contributed by atoms with Crippen LogP contribution >= 0.6 is 0 Å². The maximum atomic E-state index is 9.87. The molecule has 0 unspecified atom stereocenters. The van der Waals surface area contributed by atoms with E-state index in [9.17, 15) is 10.2 Å². The lowest BCUT2D eigenvalue weighted by molar-refractivity contribution is 0.470. The van der Waals surface area contributed by atoms with Gasteiger partial charge in [0, 0.05) is 0 Å². The Balaban J connectivity index is 2.27. The van der Waals surface area contributed by atoms with E-state index < -0.39 is 0 Å². The fourth-order valence-corrected chi connectivity index (χ4v) is 2.53. The fourth-order valence-electron chi connectivity index (χ4n) is 2.53. The lowest BCUT2D eigenvalue weighted by Crippen LogP contribution is -1.87. The predicted octanol–water partition coefficient (Wildman–Crippen LogP) is 4.72. The number of rotatable bonds is 1. The minimum Gasteiger partial charge on any atom is -0.508 e. The molecule has 1 heterocycles. The Bertz CT molecular complexity index is 851. The SMILES string of the molecule is Cc1ccc(-c2[o+]c3cc(O)cc(C)c3cc2C)cc1O. The second-order valence-corrected chi connectivity index (χ2v) is 5.43.